The minimum Gasteiger partial charge on any atom is -0.375 e. The van der Waals surface area contributed by atoms with Gasteiger partial charge < -0.3 is 4.74 Å². The van der Waals surface area contributed by atoms with Gasteiger partial charge in [-0.2, -0.15) is 0 Å². The van der Waals surface area contributed by atoms with Crippen LogP contribution in [-0.2, 0) is 4.74 Å². The summed E-state index contributed by atoms with van der Waals surface area (Å²) in [6, 6.07) is 0. The average Bonchev–Trinajstić information content (AvgIpc) is 2.44. The fourth-order valence-corrected chi connectivity index (χ4v) is 2.35. The molecule has 2 atom stereocenters. The lowest BCUT2D eigenvalue weighted by molar-refractivity contribution is -0.0170. The Morgan fingerprint density at radius 1 is 1.46 bits per heavy atom. The quantitative estimate of drug-likeness (QED) is 0.648. The number of hydrogen-bond acceptors (Lipinski definition) is 1. The van der Waals surface area contributed by atoms with E-state index in [1.807, 2.05) is 0 Å². The summed E-state index contributed by atoms with van der Waals surface area (Å²) in [4.78, 5) is 0. The van der Waals surface area contributed by atoms with Crippen molar-refractivity contribution < 1.29 is 4.74 Å². The summed E-state index contributed by atoms with van der Waals surface area (Å²) in [5, 5.41) is 0. The molecule has 1 aliphatic rings. The third kappa shape index (κ3) is 2.70. The summed E-state index contributed by atoms with van der Waals surface area (Å²) < 4.78 is 5.89. The van der Waals surface area contributed by atoms with Crippen LogP contribution in [0.2, 0.25) is 0 Å². The molecule has 0 aliphatic carbocycles. The van der Waals surface area contributed by atoms with Crippen LogP contribution in [0, 0.1) is 11.8 Å². The van der Waals surface area contributed by atoms with Crippen LogP contribution in [0.1, 0.15) is 53.4 Å². The van der Waals surface area contributed by atoms with Gasteiger partial charge >= 0.3 is 0 Å². The van der Waals surface area contributed by atoms with Gasteiger partial charge in [0.25, 0.3) is 0 Å². The summed E-state index contributed by atoms with van der Waals surface area (Å²) >= 11 is 0. The van der Waals surface area contributed by atoms with Crippen molar-refractivity contribution in [3.8, 4) is 0 Å². The van der Waals surface area contributed by atoms with Crippen molar-refractivity contribution >= 4 is 0 Å². The van der Waals surface area contributed by atoms with Gasteiger partial charge in [0, 0.05) is 6.61 Å². The van der Waals surface area contributed by atoms with Crippen LogP contribution in [0.25, 0.3) is 0 Å². The summed E-state index contributed by atoms with van der Waals surface area (Å²) in [5.74, 6) is 1.60. The summed E-state index contributed by atoms with van der Waals surface area (Å²) in [7, 11) is 0. The highest BCUT2D eigenvalue weighted by Crippen LogP contribution is 2.38. The van der Waals surface area contributed by atoms with E-state index in [-0.39, 0.29) is 5.60 Å². The predicted molar refractivity (Wildman–Crippen MR) is 56.8 cm³/mol. The second-order valence-corrected chi connectivity index (χ2v) is 4.99. The third-order valence-corrected chi connectivity index (χ3v) is 3.47. The van der Waals surface area contributed by atoms with E-state index in [4.69, 9.17) is 4.74 Å². The third-order valence-electron chi connectivity index (χ3n) is 3.47. The molecule has 1 nitrogen and oxygen atoms in total. The van der Waals surface area contributed by atoms with E-state index in [0.29, 0.717) is 0 Å². The lowest BCUT2D eigenvalue weighted by Gasteiger charge is -2.30. The van der Waals surface area contributed by atoms with Crippen molar-refractivity contribution in [3.63, 3.8) is 0 Å². The van der Waals surface area contributed by atoms with E-state index in [2.05, 4.69) is 27.7 Å². The second kappa shape index (κ2) is 4.45. The second-order valence-electron chi connectivity index (χ2n) is 4.99. The molecule has 1 heteroatoms. The molecular weight excluding hydrogens is 160 g/mol. The van der Waals surface area contributed by atoms with Gasteiger partial charge in [-0.1, -0.05) is 27.2 Å². The van der Waals surface area contributed by atoms with Gasteiger partial charge in [-0.25, -0.2) is 0 Å². The van der Waals surface area contributed by atoms with Gasteiger partial charge in [-0.3, -0.25) is 0 Å². The predicted octanol–water partition coefficient (Wildman–Crippen LogP) is 3.63. The Labute approximate surface area is 82.9 Å². The first kappa shape index (κ1) is 11.0. The maximum atomic E-state index is 5.89. The van der Waals surface area contributed by atoms with Crippen molar-refractivity contribution in [1.29, 1.82) is 0 Å². The molecule has 0 aromatic rings. The molecule has 13 heavy (non-hydrogen) atoms. The molecule has 1 fully saturated rings. The monoisotopic (exact) mass is 184 g/mol. The summed E-state index contributed by atoms with van der Waals surface area (Å²) in [5.41, 5.74) is 0.193. The highest BCUT2D eigenvalue weighted by molar-refractivity contribution is 4.88. The minimum absolute atomic E-state index is 0.193. The Morgan fingerprint density at radius 2 is 2.15 bits per heavy atom. The van der Waals surface area contributed by atoms with Gasteiger partial charge in [0.1, 0.15) is 0 Å². The van der Waals surface area contributed by atoms with Crippen molar-refractivity contribution in [1.82, 2.24) is 0 Å². The van der Waals surface area contributed by atoms with E-state index in [0.717, 1.165) is 18.4 Å². The van der Waals surface area contributed by atoms with Crippen LogP contribution in [0.5, 0.6) is 0 Å². The topological polar surface area (TPSA) is 9.23 Å². The van der Waals surface area contributed by atoms with E-state index in [1.165, 1.54) is 25.7 Å². The van der Waals surface area contributed by atoms with Crippen molar-refractivity contribution in [2.45, 2.75) is 59.0 Å². The Morgan fingerprint density at radius 3 is 2.69 bits per heavy atom. The molecule has 0 spiro atoms. The minimum atomic E-state index is 0.193. The molecule has 1 rings (SSSR count). The fourth-order valence-electron chi connectivity index (χ4n) is 2.35. The molecule has 0 aromatic heterocycles. The maximum Gasteiger partial charge on any atom is 0.0683 e. The smallest absolute Gasteiger partial charge is 0.0683 e. The van der Waals surface area contributed by atoms with E-state index in [9.17, 15) is 0 Å². The number of rotatable bonds is 4. The SMILES string of the molecule is CCC1CCOC1(C)CCC(C)C. The molecule has 2 unspecified atom stereocenters. The first-order valence-electron chi connectivity index (χ1n) is 5.72. The molecule has 0 saturated carbocycles. The first-order chi connectivity index (χ1) is 6.08. The van der Waals surface area contributed by atoms with Crippen LogP contribution in [0.4, 0.5) is 0 Å². The van der Waals surface area contributed by atoms with Crippen molar-refractivity contribution in [2.75, 3.05) is 6.61 Å². The van der Waals surface area contributed by atoms with Gasteiger partial charge in [0.05, 0.1) is 5.60 Å². The fraction of sp³-hybridized carbons (Fsp3) is 1.00. The highest BCUT2D eigenvalue weighted by Gasteiger charge is 2.38. The van der Waals surface area contributed by atoms with E-state index >= 15 is 0 Å². The van der Waals surface area contributed by atoms with Gasteiger partial charge in [-0.15, -0.1) is 0 Å². The van der Waals surface area contributed by atoms with E-state index < -0.39 is 0 Å². The molecule has 0 N–H and O–H groups in total. The Hall–Kier alpha value is -0.0400. The Kier molecular flexibility index (Phi) is 3.78. The molecular formula is C12H24O. The zero-order chi connectivity index (χ0) is 9.90. The molecule has 1 aliphatic heterocycles. The maximum absolute atomic E-state index is 5.89. The lowest BCUT2D eigenvalue weighted by atomic mass is 9.82. The lowest BCUT2D eigenvalue weighted by Crippen LogP contribution is -2.31. The van der Waals surface area contributed by atoms with Crippen LogP contribution in [0.3, 0.4) is 0 Å². The van der Waals surface area contributed by atoms with Crippen molar-refractivity contribution in [3.05, 3.63) is 0 Å². The summed E-state index contributed by atoms with van der Waals surface area (Å²) in [6.45, 7) is 10.1. The molecule has 0 radical (unpaired) electrons. The Balaban J connectivity index is 2.43. The van der Waals surface area contributed by atoms with E-state index in [1.54, 1.807) is 0 Å². The van der Waals surface area contributed by atoms with Crippen LogP contribution in [0.15, 0.2) is 0 Å². The molecule has 78 valence electrons. The molecule has 1 heterocycles. The zero-order valence-corrected chi connectivity index (χ0v) is 9.60. The van der Waals surface area contributed by atoms with Crippen LogP contribution in [-0.4, -0.2) is 12.2 Å². The largest absolute Gasteiger partial charge is 0.375 e. The normalized spacial score (nSPS) is 34.4. The van der Waals surface area contributed by atoms with Gasteiger partial charge in [0.2, 0.25) is 0 Å². The molecule has 1 saturated heterocycles. The van der Waals surface area contributed by atoms with Crippen LogP contribution < -0.4 is 0 Å². The molecule has 0 aromatic carbocycles. The van der Waals surface area contributed by atoms with Crippen molar-refractivity contribution in [2.24, 2.45) is 11.8 Å². The van der Waals surface area contributed by atoms with Gasteiger partial charge in [-0.05, 0) is 38.0 Å². The molecule has 0 amide bonds. The highest BCUT2D eigenvalue weighted by atomic mass is 16.5. The standard InChI is InChI=1S/C12H24O/c1-5-11-7-9-13-12(11,4)8-6-10(2)3/h10-11H,5-9H2,1-4H3. The Bertz CT molecular complexity index is 153. The molecule has 0 bridgehead atoms. The average molecular weight is 184 g/mol. The van der Waals surface area contributed by atoms with Crippen LogP contribution >= 0.6 is 0 Å². The zero-order valence-electron chi connectivity index (χ0n) is 9.60. The number of ether oxygens (including phenoxy) is 1. The first-order valence-corrected chi connectivity index (χ1v) is 5.72. The number of hydrogen-bond donors (Lipinski definition) is 0. The summed E-state index contributed by atoms with van der Waals surface area (Å²) in [6.07, 6.45) is 5.08. The van der Waals surface area contributed by atoms with Gasteiger partial charge in [0.15, 0.2) is 0 Å².